The zero-order valence-corrected chi connectivity index (χ0v) is 15.4. The molecule has 1 amide bonds. The molecule has 4 heterocycles. The summed E-state index contributed by atoms with van der Waals surface area (Å²) in [6.45, 7) is 3.19. The highest BCUT2D eigenvalue weighted by atomic mass is 16.2. The second-order valence-electron chi connectivity index (χ2n) is 6.83. The normalized spacial score (nSPS) is 17.1. The van der Waals surface area contributed by atoms with Gasteiger partial charge >= 0.3 is 0 Å². The lowest BCUT2D eigenvalue weighted by molar-refractivity contribution is 0.0704. The molecule has 0 spiro atoms. The van der Waals surface area contributed by atoms with E-state index in [9.17, 15) is 4.79 Å². The number of rotatable bonds is 3. The first-order chi connectivity index (χ1) is 13.1. The number of aromatic nitrogens is 6. The lowest BCUT2D eigenvalue weighted by Gasteiger charge is -2.32. The van der Waals surface area contributed by atoms with Crippen LogP contribution in [-0.2, 0) is 7.05 Å². The number of nitrogens with zero attached hydrogens (tertiary/aromatic N) is 7. The monoisotopic (exact) mass is 363 g/mol. The molecule has 1 atom stereocenters. The van der Waals surface area contributed by atoms with Gasteiger partial charge in [-0.1, -0.05) is 0 Å². The van der Waals surface area contributed by atoms with Crippen LogP contribution in [0.3, 0.4) is 0 Å². The first-order valence-electron chi connectivity index (χ1n) is 8.98. The van der Waals surface area contributed by atoms with E-state index in [1.54, 1.807) is 31.1 Å². The molecule has 27 heavy (non-hydrogen) atoms. The lowest BCUT2D eigenvalue weighted by Crippen LogP contribution is -2.39. The van der Waals surface area contributed by atoms with Crippen molar-refractivity contribution in [2.75, 3.05) is 13.1 Å². The second kappa shape index (κ2) is 7.22. The van der Waals surface area contributed by atoms with Gasteiger partial charge in [0.25, 0.3) is 5.91 Å². The van der Waals surface area contributed by atoms with Gasteiger partial charge in [-0.3, -0.25) is 9.78 Å². The molecular weight excluding hydrogens is 342 g/mol. The van der Waals surface area contributed by atoms with Crippen molar-refractivity contribution in [3.8, 4) is 11.4 Å². The molecule has 3 aromatic rings. The standard InChI is InChI=1S/C19H21N7O/c1-13-15(6-21-11-23-13)19(27)26-5-3-4-14(10-26)16-7-20-8-17(24-16)18-9-22-12-25(18)2/h6-9,11-12,14H,3-5,10H2,1-2H3. The van der Waals surface area contributed by atoms with Crippen LogP contribution in [-0.4, -0.2) is 53.4 Å². The molecule has 0 aliphatic carbocycles. The van der Waals surface area contributed by atoms with E-state index in [4.69, 9.17) is 4.98 Å². The Labute approximate surface area is 157 Å². The van der Waals surface area contributed by atoms with Gasteiger partial charge < -0.3 is 9.47 Å². The molecule has 1 saturated heterocycles. The van der Waals surface area contributed by atoms with Gasteiger partial charge in [-0.25, -0.2) is 19.9 Å². The third kappa shape index (κ3) is 3.42. The van der Waals surface area contributed by atoms with Crippen molar-refractivity contribution in [2.24, 2.45) is 7.05 Å². The average Bonchev–Trinajstić information content (AvgIpc) is 3.14. The maximum absolute atomic E-state index is 12.9. The smallest absolute Gasteiger partial charge is 0.257 e. The third-order valence-corrected chi connectivity index (χ3v) is 5.00. The van der Waals surface area contributed by atoms with E-state index < -0.39 is 0 Å². The Morgan fingerprint density at radius 3 is 2.81 bits per heavy atom. The summed E-state index contributed by atoms with van der Waals surface area (Å²) in [5, 5.41) is 0. The van der Waals surface area contributed by atoms with E-state index >= 15 is 0 Å². The fourth-order valence-corrected chi connectivity index (χ4v) is 3.48. The molecule has 0 N–H and O–H groups in total. The predicted molar refractivity (Wildman–Crippen MR) is 98.9 cm³/mol. The van der Waals surface area contributed by atoms with Crippen molar-refractivity contribution in [3.63, 3.8) is 0 Å². The summed E-state index contributed by atoms with van der Waals surface area (Å²) >= 11 is 0. The molecule has 1 fully saturated rings. The SMILES string of the molecule is Cc1ncncc1C(=O)N1CCCC(c2cncc(-c3cncn3C)n2)C1. The van der Waals surface area contributed by atoms with Crippen molar-refractivity contribution in [3.05, 3.63) is 54.4 Å². The van der Waals surface area contributed by atoms with Gasteiger partial charge in [0.2, 0.25) is 0 Å². The Bertz CT molecular complexity index is 968. The Morgan fingerprint density at radius 1 is 1.15 bits per heavy atom. The van der Waals surface area contributed by atoms with Crippen LogP contribution in [0.15, 0.2) is 37.4 Å². The van der Waals surface area contributed by atoms with E-state index in [0.717, 1.165) is 36.5 Å². The number of carbonyl (C=O) groups is 1. The molecule has 0 aromatic carbocycles. The van der Waals surface area contributed by atoms with Crippen LogP contribution < -0.4 is 0 Å². The molecule has 138 valence electrons. The summed E-state index contributed by atoms with van der Waals surface area (Å²) in [6, 6.07) is 0. The zero-order chi connectivity index (χ0) is 18.8. The number of amides is 1. The van der Waals surface area contributed by atoms with E-state index in [1.807, 2.05) is 23.4 Å². The van der Waals surface area contributed by atoms with Crippen LogP contribution in [0.5, 0.6) is 0 Å². The third-order valence-electron chi connectivity index (χ3n) is 5.00. The van der Waals surface area contributed by atoms with Crippen LogP contribution in [0.4, 0.5) is 0 Å². The van der Waals surface area contributed by atoms with Crippen LogP contribution in [0.25, 0.3) is 11.4 Å². The van der Waals surface area contributed by atoms with Crippen LogP contribution in [0.2, 0.25) is 0 Å². The van der Waals surface area contributed by atoms with Crippen LogP contribution >= 0.6 is 0 Å². The highest BCUT2D eigenvalue weighted by molar-refractivity contribution is 5.95. The molecule has 8 heteroatoms. The summed E-state index contributed by atoms with van der Waals surface area (Å²) in [5.41, 5.74) is 3.89. The first-order valence-corrected chi connectivity index (χ1v) is 8.98. The van der Waals surface area contributed by atoms with Gasteiger partial charge in [0.05, 0.1) is 41.4 Å². The fraction of sp³-hybridized carbons (Fsp3) is 0.368. The van der Waals surface area contributed by atoms with Crippen molar-refractivity contribution < 1.29 is 4.79 Å². The number of imidazole rings is 1. The summed E-state index contributed by atoms with van der Waals surface area (Å²) in [4.78, 5) is 36.2. The quantitative estimate of drug-likeness (QED) is 0.707. The first kappa shape index (κ1) is 17.3. The minimum Gasteiger partial charge on any atom is -0.338 e. The molecule has 1 aliphatic rings. The van der Waals surface area contributed by atoms with Crippen molar-refractivity contribution in [1.29, 1.82) is 0 Å². The number of piperidine rings is 1. The minimum absolute atomic E-state index is 0.0199. The maximum atomic E-state index is 12.9. The molecule has 0 radical (unpaired) electrons. The highest BCUT2D eigenvalue weighted by Crippen LogP contribution is 2.27. The lowest BCUT2D eigenvalue weighted by atomic mass is 9.94. The van der Waals surface area contributed by atoms with Gasteiger partial charge in [-0.15, -0.1) is 0 Å². The molecule has 0 bridgehead atoms. The van der Waals surface area contributed by atoms with E-state index in [1.165, 1.54) is 6.33 Å². The van der Waals surface area contributed by atoms with Crippen LogP contribution in [0, 0.1) is 6.92 Å². The van der Waals surface area contributed by atoms with Gasteiger partial charge in [0.1, 0.15) is 12.0 Å². The number of carbonyl (C=O) groups excluding carboxylic acids is 1. The largest absolute Gasteiger partial charge is 0.338 e. The predicted octanol–water partition coefficient (Wildman–Crippen LogP) is 2.00. The Hall–Kier alpha value is -3.16. The molecule has 0 saturated carbocycles. The Kier molecular flexibility index (Phi) is 4.62. The number of hydrogen-bond donors (Lipinski definition) is 0. The fourth-order valence-electron chi connectivity index (χ4n) is 3.48. The van der Waals surface area contributed by atoms with Gasteiger partial charge in [0, 0.05) is 38.4 Å². The van der Waals surface area contributed by atoms with Gasteiger partial charge in [-0.05, 0) is 19.8 Å². The summed E-state index contributed by atoms with van der Waals surface area (Å²) < 4.78 is 1.92. The number of aryl methyl sites for hydroxylation is 2. The van der Waals surface area contributed by atoms with Gasteiger partial charge in [0.15, 0.2) is 0 Å². The second-order valence-corrected chi connectivity index (χ2v) is 6.83. The summed E-state index contributed by atoms with van der Waals surface area (Å²) in [6.07, 6.45) is 12.0. The van der Waals surface area contributed by atoms with Crippen molar-refractivity contribution in [1.82, 2.24) is 34.4 Å². The van der Waals surface area contributed by atoms with E-state index in [0.29, 0.717) is 17.8 Å². The number of hydrogen-bond acceptors (Lipinski definition) is 6. The average molecular weight is 363 g/mol. The molecule has 1 aliphatic heterocycles. The van der Waals surface area contributed by atoms with E-state index in [-0.39, 0.29) is 11.8 Å². The summed E-state index contributed by atoms with van der Waals surface area (Å²) in [5.74, 6) is 0.141. The van der Waals surface area contributed by atoms with E-state index in [2.05, 4.69) is 19.9 Å². The molecule has 4 rings (SSSR count). The summed E-state index contributed by atoms with van der Waals surface area (Å²) in [7, 11) is 1.93. The maximum Gasteiger partial charge on any atom is 0.257 e. The number of likely N-dealkylation sites (tertiary alicyclic amines) is 1. The molecule has 1 unspecified atom stereocenters. The van der Waals surface area contributed by atoms with Crippen molar-refractivity contribution in [2.45, 2.75) is 25.7 Å². The van der Waals surface area contributed by atoms with Gasteiger partial charge in [-0.2, -0.15) is 0 Å². The zero-order valence-electron chi connectivity index (χ0n) is 15.4. The minimum atomic E-state index is -0.0199. The highest BCUT2D eigenvalue weighted by Gasteiger charge is 2.27. The van der Waals surface area contributed by atoms with Crippen molar-refractivity contribution >= 4 is 5.91 Å². The molecular formula is C19H21N7O. The Morgan fingerprint density at radius 2 is 2.04 bits per heavy atom. The topological polar surface area (TPSA) is 89.7 Å². The molecule has 3 aromatic heterocycles. The Balaban J connectivity index is 1.56. The van der Waals surface area contributed by atoms with Crippen LogP contribution in [0.1, 0.15) is 40.5 Å². The molecule has 8 nitrogen and oxygen atoms in total.